The van der Waals surface area contributed by atoms with Crippen LogP contribution in [0, 0.1) is 0 Å². The quantitative estimate of drug-likeness (QED) is 0.809. The van der Waals surface area contributed by atoms with Crippen LogP contribution < -0.4 is 4.72 Å². The van der Waals surface area contributed by atoms with Crippen LogP contribution >= 0.6 is 11.6 Å². The molecule has 0 saturated carbocycles. The lowest BCUT2D eigenvalue weighted by Gasteiger charge is -2.18. The van der Waals surface area contributed by atoms with Crippen LogP contribution in [0.2, 0.25) is 5.15 Å². The van der Waals surface area contributed by atoms with Crippen molar-refractivity contribution in [1.29, 1.82) is 0 Å². The summed E-state index contributed by atoms with van der Waals surface area (Å²) in [6, 6.07) is 1.35. The highest BCUT2D eigenvalue weighted by atomic mass is 35.5. The third kappa shape index (κ3) is 3.29. The van der Waals surface area contributed by atoms with E-state index in [0.717, 1.165) is 0 Å². The van der Waals surface area contributed by atoms with Gasteiger partial charge in [-0.25, -0.2) is 9.97 Å². The van der Waals surface area contributed by atoms with Crippen LogP contribution in [-0.4, -0.2) is 35.8 Å². The summed E-state index contributed by atoms with van der Waals surface area (Å²) in [7, 11) is -3.56. The number of hydrogen-bond acceptors (Lipinski definition) is 4. The second kappa shape index (κ2) is 5.42. The van der Waals surface area contributed by atoms with E-state index in [9.17, 15) is 8.42 Å². The smallest absolute Gasteiger partial charge is 0.254 e. The maximum absolute atomic E-state index is 11.8. The van der Waals surface area contributed by atoms with E-state index >= 15 is 0 Å². The Kier molecular flexibility index (Phi) is 4.45. The van der Waals surface area contributed by atoms with E-state index in [2.05, 4.69) is 14.7 Å². The molecule has 0 aromatic carbocycles. The van der Waals surface area contributed by atoms with E-state index in [1.807, 2.05) is 0 Å². The first kappa shape index (κ1) is 13.1. The first-order chi connectivity index (χ1) is 7.49. The van der Waals surface area contributed by atoms with Gasteiger partial charge in [-0.15, -0.1) is 0 Å². The van der Waals surface area contributed by atoms with Gasteiger partial charge in [-0.2, -0.15) is 12.7 Å². The topological polar surface area (TPSA) is 75.2 Å². The van der Waals surface area contributed by atoms with Crippen molar-refractivity contribution in [1.82, 2.24) is 14.3 Å². The van der Waals surface area contributed by atoms with E-state index in [4.69, 9.17) is 11.6 Å². The van der Waals surface area contributed by atoms with Crippen LogP contribution in [0.5, 0.6) is 0 Å². The Bertz CT molecular complexity index is 447. The molecule has 0 aliphatic heterocycles. The first-order valence-corrected chi connectivity index (χ1v) is 6.56. The first-order valence-electron chi connectivity index (χ1n) is 4.75. The fourth-order valence-corrected chi connectivity index (χ4v) is 2.48. The van der Waals surface area contributed by atoms with Gasteiger partial charge in [-0.3, -0.25) is 4.72 Å². The zero-order valence-corrected chi connectivity index (χ0v) is 10.6. The number of halogens is 1. The third-order valence-corrected chi connectivity index (χ3v) is 3.78. The molecule has 0 amide bonds. The van der Waals surface area contributed by atoms with E-state index in [0.29, 0.717) is 13.1 Å². The Balaban J connectivity index is 2.88. The SMILES string of the molecule is CCN(CC)S(=O)(=O)Nc1cc(Cl)ncn1. The van der Waals surface area contributed by atoms with Crippen LogP contribution in [0.25, 0.3) is 0 Å². The summed E-state index contributed by atoms with van der Waals surface area (Å²) in [5.74, 6) is 0.159. The van der Waals surface area contributed by atoms with E-state index < -0.39 is 10.2 Å². The highest BCUT2D eigenvalue weighted by Gasteiger charge is 2.18. The molecule has 0 atom stereocenters. The molecule has 8 heteroatoms. The van der Waals surface area contributed by atoms with Gasteiger partial charge in [0, 0.05) is 19.2 Å². The average molecular weight is 265 g/mol. The van der Waals surface area contributed by atoms with Gasteiger partial charge in [-0.05, 0) is 0 Å². The van der Waals surface area contributed by atoms with Gasteiger partial charge < -0.3 is 0 Å². The minimum Gasteiger partial charge on any atom is -0.254 e. The Hall–Kier alpha value is -0.920. The number of aromatic nitrogens is 2. The fraction of sp³-hybridized carbons (Fsp3) is 0.500. The second-order valence-electron chi connectivity index (χ2n) is 2.92. The lowest BCUT2D eigenvalue weighted by atomic mass is 10.6. The second-order valence-corrected chi connectivity index (χ2v) is 4.98. The number of anilines is 1. The van der Waals surface area contributed by atoms with Crippen molar-refractivity contribution in [3.05, 3.63) is 17.5 Å². The molecule has 0 bridgehead atoms. The Morgan fingerprint density at radius 2 is 2.00 bits per heavy atom. The van der Waals surface area contributed by atoms with E-state index in [1.165, 1.54) is 16.7 Å². The zero-order valence-electron chi connectivity index (χ0n) is 9.01. The molecule has 1 rings (SSSR count). The molecule has 1 N–H and O–H groups in total. The lowest BCUT2D eigenvalue weighted by Crippen LogP contribution is -2.35. The summed E-state index contributed by atoms with van der Waals surface area (Å²) in [6.45, 7) is 4.31. The summed E-state index contributed by atoms with van der Waals surface area (Å²) in [6.07, 6.45) is 1.20. The summed E-state index contributed by atoms with van der Waals surface area (Å²) >= 11 is 5.62. The third-order valence-electron chi connectivity index (χ3n) is 1.91. The van der Waals surface area contributed by atoms with Gasteiger partial charge in [0.25, 0.3) is 0 Å². The van der Waals surface area contributed by atoms with Gasteiger partial charge >= 0.3 is 10.2 Å². The molecule has 0 fully saturated rings. The molecule has 16 heavy (non-hydrogen) atoms. The molecule has 0 spiro atoms. The highest BCUT2D eigenvalue weighted by Crippen LogP contribution is 2.11. The van der Waals surface area contributed by atoms with Crippen LogP contribution in [-0.2, 0) is 10.2 Å². The minimum atomic E-state index is -3.56. The molecule has 1 aromatic heterocycles. The predicted octanol–water partition coefficient (Wildman–Crippen LogP) is 1.13. The van der Waals surface area contributed by atoms with Crippen LogP contribution in [0.1, 0.15) is 13.8 Å². The van der Waals surface area contributed by atoms with Crippen LogP contribution in [0.15, 0.2) is 12.4 Å². The maximum Gasteiger partial charge on any atom is 0.302 e. The number of rotatable bonds is 5. The molecule has 0 radical (unpaired) electrons. The maximum atomic E-state index is 11.8. The normalized spacial score (nSPS) is 11.8. The van der Waals surface area contributed by atoms with E-state index in [-0.39, 0.29) is 11.0 Å². The molecule has 0 aliphatic rings. The van der Waals surface area contributed by atoms with Crippen LogP contribution in [0.3, 0.4) is 0 Å². The molecule has 0 aliphatic carbocycles. The average Bonchev–Trinajstić information content (AvgIpc) is 2.18. The summed E-state index contributed by atoms with van der Waals surface area (Å²) in [5.41, 5.74) is 0. The van der Waals surface area contributed by atoms with Crippen molar-refractivity contribution in [3.8, 4) is 0 Å². The molecule has 0 unspecified atom stereocenters. The fourth-order valence-electron chi connectivity index (χ4n) is 1.15. The van der Waals surface area contributed by atoms with Crippen molar-refractivity contribution < 1.29 is 8.42 Å². The van der Waals surface area contributed by atoms with Gasteiger partial charge in [0.1, 0.15) is 17.3 Å². The number of nitrogens with zero attached hydrogens (tertiary/aromatic N) is 3. The lowest BCUT2D eigenvalue weighted by molar-refractivity contribution is 0.449. The molecule has 1 aromatic rings. The monoisotopic (exact) mass is 264 g/mol. The number of nitrogens with one attached hydrogen (secondary N) is 1. The number of hydrogen-bond donors (Lipinski definition) is 1. The Labute approximate surface area is 99.8 Å². The van der Waals surface area contributed by atoms with E-state index in [1.54, 1.807) is 13.8 Å². The molecular weight excluding hydrogens is 252 g/mol. The van der Waals surface area contributed by atoms with Gasteiger partial charge in [0.15, 0.2) is 0 Å². The molecular formula is C8H13ClN4O2S. The Morgan fingerprint density at radius 1 is 1.38 bits per heavy atom. The molecule has 6 nitrogen and oxygen atoms in total. The predicted molar refractivity (Wildman–Crippen MR) is 62.5 cm³/mol. The molecule has 1 heterocycles. The Morgan fingerprint density at radius 3 is 2.50 bits per heavy atom. The van der Waals surface area contributed by atoms with Crippen molar-refractivity contribution in [3.63, 3.8) is 0 Å². The highest BCUT2D eigenvalue weighted by molar-refractivity contribution is 7.90. The van der Waals surface area contributed by atoms with Gasteiger partial charge in [-0.1, -0.05) is 25.4 Å². The largest absolute Gasteiger partial charge is 0.302 e. The van der Waals surface area contributed by atoms with Crippen molar-refractivity contribution in [2.24, 2.45) is 0 Å². The molecule has 0 saturated heterocycles. The standard InChI is InChI=1S/C8H13ClN4O2S/c1-3-13(4-2)16(14,15)12-8-5-7(9)10-6-11-8/h5-6H,3-4H2,1-2H3,(H,10,11,12). The zero-order chi connectivity index (χ0) is 12.2. The summed E-state index contributed by atoms with van der Waals surface area (Å²) in [5, 5.41) is 0.187. The van der Waals surface area contributed by atoms with Crippen molar-refractivity contribution in [2.75, 3.05) is 17.8 Å². The molecule has 90 valence electrons. The van der Waals surface area contributed by atoms with Crippen LogP contribution in [0.4, 0.5) is 5.82 Å². The van der Waals surface area contributed by atoms with Crippen molar-refractivity contribution >= 4 is 27.6 Å². The van der Waals surface area contributed by atoms with Crippen molar-refractivity contribution in [2.45, 2.75) is 13.8 Å². The van der Waals surface area contributed by atoms with Gasteiger partial charge in [0.05, 0.1) is 0 Å². The summed E-state index contributed by atoms with van der Waals surface area (Å²) < 4.78 is 27.2. The minimum absolute atomic E-state index is 0.159. The van der Waals surface area contributed by atoms with Gasteiger partial charge in [0.2, 0.25) is 0 Å². The summed E-state index contributed by atoms with van der Waals surface area (Å²) in [4.78, 5) is 7.42.